The number of aromatic nitrogens is 3. The zero-order chi connectivity index (χ0) is 14.1. The van der Waals surface area contributed by atoms with Crippen LogP contribution in [0.5, 0.6) is 0 Å². The Kier molecular flexibility index (Phi) is 3.40. The van der Waals surface area contributed by atoms with Crippen molar-refractivity contribution < 1.29 is 0 Å². The van der Waals surface area contributed by atoms with E-state index < -0.39 is 0 Å². The van der Waals surface area contributed by atoms with E-state index in [1.807, 2.05) is 13.1 Å². The first kappa shape index (κ1) is 13.1. The topological polar surface area (TPSA) is 33.6 Å². The second kappa shape index (κ2) is 5.21. The summed E-state index contributed by atoms with van der Waals surface area (Å²) in [5.74, 6) is 0. The lowest BCUT2D eigenvalue weighted by atomic mass is 10.1. The molecule has 3 aromatic rings. The van der Waals surface area contributed by atoms with Crippen molar-refractivity contribution in [1.82, 2.24) is 14.5 Å². The van der Waals surface area contributed by atoms with Crippen LogP contribution in [0.3, 0.4) is 0 Å². The number of nitrogens with zero attached hydrogens (tertiary/aromatic N) is 2. The number of rotatable bonds is 3. The highest BCUT2D eigenvalue weighted by molar-refractivity contribution is 7.71. The van der Waals surface area contributed by atoms with E-state index in [9.17, 15) is 0 Å². The maximum Gasteiger partial charge on any atom is 0.179 e. The first-order valence-corrected chi connectivity index (χ1v) is 7.15. The van der Waals surface area contributed by atoms with Gasteiger partial charge in [-0.1, -0.05) is 29.8 Å². The highest BCUT2D eigenvalue weighted by Crippen LogP contribution is 2.14. The third-order valence-corrected chi connectivity index (χ3v) is 3.77. The minimum Gasteiger partial charge on any atom is -0.329 e. The molecule has 0 aliphatic heterocycles. The van der Waals surface area contributed by atoms with Gasteiger partial charge in [0.15, 0.2) is 10.4 Å². The van der Waals surface area contributed by atoms with E-state index in [2.05, 4.69) is 51.8 Å². The summed E-state index contributed by atoms with van der Waals surface area (Å²) in [7, 11) is 0. The lowest BCUT2D eigenvalue weighted by Crippen LogP contribution is -2.02. The fourth-order valence-corrected chi connectivity index (χ4v) is 2.75. The van der Waals surface area contributed by atoms with Gasteiger partial charge < -0.3 is 9.55 Å². The largest absolute Gasteiger partial charge is 0.329 e. The van der Waals surface area contributed by atoms with Crippen LogP contribution < -0.4 is 0 Å². The molecule has 0 aliphatic carbocycles. The Morgan fingerprint density at radius 2 is 2.05 bits per heavy atom. The molecule has 0 atom stereocenters. The summed E-state index contributed by atoms with van der Waals surface area (Å²) in [6, 6.07) is 10.7. The van der Waals surface area contributed by atoms with Gasteiger partial charge in [-0.05, 0) is 49.7 Å². The maximum absolute atomic E-state index is 5.40. The van der Waals surface area contributed by atoms with E-state index in [4.69, 9.17) is 12.2 Å². The molecule has 102 valence electrons. The normalized spacial score (nSPS) is 11.1. The monoisotopic (exact) mass is 283 g/mol. The third-order valence-electron chi connectivity index (χ3n) is 3.45. The predicted molar refractivity (Wildman–Crippen MR) is 84.5 cm³/mol. The molecule has 2 heterocycles. The Morgan fingerprint density at radius 1 is 1.20 bits per heavy atom. The number of benzene rings is 1. The summed E-state index contributed by atoms with van der Waals surface area (Å²) in [5, 5.41) is 0. The number of fused-ring (bicyclic) bond motifs is 1. The SMILES string of the molecule is Cc1cccc(CCn2c(=S)[nH]c3cc(C)cnc32)c1. The van der Waals surface area contributed by atoms with Crippen molar-refractivity contribution in [3.05, 3.63) is 58.0 Å². The summed E-state index contributed by atoms with van der Waals surface area (Å²) >= 11 is 5.40. The first-order chi connectivity index (χ1) is 9.63. The van der Waals surface area contributed by atoms with Crippen molar-refractivity contribution in [3.8, 4) is 0 Å². The highest BCUT2D eigenvalue weighted by atomic mass is 32.1. The Bertz CT molecular complexity index is 814. The van der Waals surface area contributed by atoms with Crippen LogP contribution in [-0.4, -0.2) is 14.5 Å². The molecule has 2 aromatic heterocycles. The van der Waals surface area contributed by atoms with Gasteiger partial charge in [0.2, 0.25) is 0 Å². The Morgan fingerprint density at radius 3 is 2.85 bits per heavy atom. The van der Waals surface area contributed by atoms with E-state index in [0.29, 0.717) is 0 Å². The van der Waals surface area contributed by atoms with Gasteiger partial charge in [-0.15, -0.1) is 0 Å². The van der Waals surface area contributed by atoms with Gasteiger partial charge in [0.25, 0.3) is 0 Å². The average Bonchev–Trinajstić information content (AvgIpc) is 2.71. The summed E-state index contributed by atoms with van der Waals surface area (Å²) in [5.41, 5.74) is 5.71. The van der Waals surface area contributed by atoms with Crippen molar-refractivity contribution in [2.75, 3.05) is 0 Å². The second-order valence-corrected chi connectivity index (χ2v) is 5.59. The van der Waals surface area contributed by atoms with Crippen molar-refractivity contribution in [1.29, 1.82) is 0 Å². The molecule has 0 fully saturated rings. The van der Waals surface area contributed by atoms with Crippen LogP contribution in [-0.2, 0) is 13.0 Å². The van der Waals surface area contributed by atoms with Crippen molar-refractivity contribution in [3.63, 3.8) is 0 Å². The fraction of sp³-hybridized carbons (Fsp3) is 0.250. The molecular formula is C16H17N3S. The van der Waals surface area contributed by atoms with E-state index in [1.54, 1.807) is 0 Å². The molecule has 0 aliphatic rings. The van der Waals surface area contributed by atoms with Gasteiger partial charge in [0.1, 0.15) is 0 Å². The van der Waals surface area contributed by atoms with Crippen LogP contribution in [0.1, 0.15) is 16.7 Å². The number of pyridine rings is 1. The highest BCUT2D eigenvalue weighted by Gasteiger charge is 2.06. The molecule has 0 bridgehead atoms. The zero-order valence-corrected chi connectivity index (χ0v) is 12.5. The molecule has 0 saturated heterocycles. The number of aryl methyl sites for hydroxylation is 4. The Balaban J connectivity index is 1.91. The molecule has 0 unspecified atom stereocenters. The molecule has 1 aromatic carbocycles. The van der Waals surface area contributed by atoms with Crippen molar-refractivity contribution in [2.24, 2.45) is 0 Å². The minimum absolute atomic E-state index is 0.741. The Hall–Kier alpha value is -1.94. The van der Waals surface area contributed by atoms with Crippen LogP contribution in [0.25, 0.3) is 11.2 Å². The molecular weight excluding hydrogens is 266 g/mol. The van der Waals surface area contributed by atoms with Gasteiger partial charge >= 0.3 is 0 Å². The summed E-state index contributed by atoms with van der Waals surface area (Å²) < 4.78 is 2.82. The molecule has 0 saturated carbocycles. The van der Waals surface area contributed by atoms with Crippen molar-refractivity contribution >= 4 is 23.4 Å². The molecule has 0 amide bonds. The van der Waals surface area contributed by atoms with Crippen LogP contribution in [0, 0.1) is 18.6 Å². The molecule has 4 heteroatoms. The van der Waals surface area contributed by atoms with Gasteiger partial charge in [-0.2, -0.15) is 0 Å². The third kappa shape index (κ3) is 2.51. The standard InChI is InChI=1S/C16H17N3S/c1-11-4-3-5-13(8-11)6-7-19-15-14(18-16(19)20)9-12(2)10-17-15/h3-5,8-10H,6-7H2,1-2H3,(H,18,20). The zero-order valence-electron chi connectivity index (χ0n) is 11.7. The van der Waals surface area contributed by atoms with Crippen LogP contribution in [0.15, 0.2) is 36.5 Å². The maximum atomic E-state index is 5.40. The number of aromatic amines is 1. The molecule has 0 spiro atoms. The number of hydrogen-bond donors (Lipinski definition) is 1. The minimum atomic E-state index is 0.741. The molecule has 3 nitrogen and oxygen atoms in total. The van der Waals surface area contributed by atoms with Crippen LogP contribution in [0.4, 0.5) is 0 Å². The van der Waals surface area contributed by atoms with Gasteiger partial charge in [-0.3, -0.25) is 0 Å². The van der Waals surface area contributed by atoms with Gasteiger partial charge in [0.05, 0.1) is 5.52 Å². The predicted octanol–water partition coefficient (Wildman–Crippen LogP) is 3.95. The quantitative estimate of drug-likeness (QED) is 0.738. The average molecular weight is 283 g/mol. The Labute approximate surface area is 123 Å². The van der Waals surface area contributed by atoms with E-state index in [-0.39, 0.29) is 0 Å². The lowest BCUT2D eigenvalue weighted by Gasteiger charge is -2.05. The van der Waals surface area contributed by atoms with Crippen LogP contribution in [0.2, 0.25) is 0 Å². The number of H-pyrrole nitrogens is 1. The molecule has 0 radical (unpaired) electrons. The van der Waals surface area contributed by atoms with Crippen molar-refractivity contribution in [2.45, 2.75) is 26.8 Å². The van der Waals surface area contributed by atoms with E-state index in [1.165, 1.54) is 11.1 Å². The lowest BCUT2D eigenvalue weighted by molar-refractivity contribution is 0.700. The number of nitrogens with one attached hydrogen (secondary N) is 1. The summed E-state index contributed by atoms with van der Waals surface area (Å²) in [6.07, 6.45) is 2.84. The second-order valence-electron chi connectivity index (χ2n) is 5.20. The summed E-state index contributed by atoms with van der Waals surface area (Å²) in [4.78, 5) is 7.73. The smallest absolute Gasteiger partial charge is 0.179 e. The number of imidazole rings is 1. The fourth-order valence-electron chi connectivity index (χ4n) is 2.46. The molecule has 20 heavy (non-hydrogen) atoms. The summed E-state index contributed by atoms with van der Waals surface area (Å²) in [6.45, 7) is 5.00. The molecule has 1 N–H and O–H groups in total. The van der Waals surface area contributed by atoms with Crippen LogP contribution >= 0.6 is 12.2 Å². The van der Waals surface area contributed by atoms with E-state index in [0.717, 1.165) is 34.5 Å². The first-order valence-electron chi connectivity index (χ1n) is 6.74. The van der Waals surface area contributed by atoms with E-state index >= 15 is 0 Å². The van der Waals surface area contributed by atoms with Gasteiger partial charge in [-0.25, -0.2) is 4.98 Å². The number of hydrogen-bond acceptors (Lipinski definition) is 2. The molecule has 3 rings (SSSR count). The van der Waals surface area contributed by atoms with Gasteiger partial charge in [0, 0.05) is 12.7 Å².